The molecule has 1 aliphatic rings. The van der Waals surface area contributed by atoms with Crippen molar-refractivity contribution in [3.63, 3.8) is 0 Å². The van der Waals surface area contributed by atoms with Crippen LogP contribution in [0.1, 0.15) is 30.4 Å². The van der Waals surface area contributed by atoms with E-state index in [0.717, 1.165) is 6.54 Å². The summed E-state index contributed by atoms with van der Waals surface area (Å²) in [5.74, 6) is 0.617. The monoisotopic (exact) mass is 277 g/mol. The van der Waals surface area contributed by atoms with Gasteiger partial charge in [-0.25, -0.2) is 0 Å². The van der Waals surface area contributed by atoms with E-state index in [4.69, 9.17) is 0 Å². The van der Waals surface area contributed by atoms with Gasteiger partial charge in [-0.1, -0.05) is 79.7 Å². The summed E-state index contributed by atoms with van der Waals surface area (Å²) in [5, 5.41) is 0. The Kier molecular flexibility index (Phi) is 4.52. The molecule has 0 bridgehead atoms. The molecule has 0 unspecified atom stereocenters. The van der Waals surface area contributed by atoms with Gasteiger partial charge in [-0.05, 0) is 30.6 Å². The fourth-order valence-electron chi connectivity index (χ4n) is 3.34. The van der Waals surface area contributed by atoms with Crippen LogP contribution in [0.25, 0.3) is 6.08 Å². The number of likely N-dealkylation sites (N-methyl/N-ethyl adjacent to an activating group) is 1. The van der Waals surface area contributed by atoms with E-state index in [1.54, 1.807) is 0 Å². The average molecular weight is 277 g/mol. The van der Waals surface area contributed by atoms with Crippen molar-refractivity contribution in [1.82, 2.24) is 4.90 Å². The van der Waals surface area contributed by atoms with E-state index >= 15 is 0 Å². The summed E-state index contributed by atoms with van der Waals surface area (Å²) >= 11 is 0. The number of hydrogen-bond donors (Lipinski definition) is 0. The van der Waals surface area contributed by atoms with Crippen LogP contribution in [0.15, 0.2) is 66.7 Å². The number of likely N-dealkylation sites (tertiary alicyclic amines) is 1. The smallest absolute Gasteiger partial charge is 0.0350 e. The molecule has 0 aliphatic carbocycles. The summed E-state index contributed by atoms with van der Waals surface area (Å²) in [6.45, 7) is 4.57. The van der Waals surface area contributed by atoms with Crippen molar-refractivity contribution in [1.29, 1.82) is 0 Å². The maximum absolute atomic E-state index is 2.58. The van der Waals surface area contributed by atoms with Gasteiger partial charge in [0, 0.05) is 12.0 Å². The highest BCUT2D eigenvalue weighted by Gasteiger charge is 2.31. The molecule has 2 aromatic carbocycles. The molecule has 1 fully saturated rings. The van der Waals surface area contributed by atoms with Crippen LogP contribution in [0.5, 0.6) is 0 Å². The number of rotatable bonds is 4. The zero-order valence-electron chi connectivity index (χ0n) is 12.7. The van der Waals surface area contributed by atoms with Crippen LogP contribution >= 0.6 is 0 Å². The molecule has 0 radical (unpaired) electrons. The van der Waals surface area contributed by atoms with Crippen molar-refractivity contribution >= 4 is 6.08 Å². The summed E-state index contributed by atoms with van der Waals surface area (Å²) in [6.07, 6.45) is 5.92. The maximum Gasteiger partial charge on any atom is 0.0350 e. The molecule has 0 saturated carbocycles. The molecule has 3 rings (SSSR count). The predicted octanol–water partition coefficient (Wildman–Crippen LogP) is 4.58. The first-order valence-corrected chi connectivity index (χ1v) is 7.90. The van der Waals surface area contributed by atoms with Gasteiger partial charge in [-0.15, -0.1) is 0 Å². The highest BCUT2D eigenvalue weighted by molar-refractivity contribution is 5.50. The van der Waals surface area contributed by atoms with Crippen molar-refractivity contribution in [2.24, 2.45) is 0 Å². The minimum Gasteiger partial charge on any atom is -0.297 e. The van der Waals surface area contributed by atoms with Gasteiger partial charge < -0.3 is 0 Å². The third-order valence-corrected chi connectivity index (χ3v) is 4.48. The van der Waals surface area contributed by atoms with E-state index in [1.165, 1.54) is 24.1 Å². The van der Waals surface area contributed by atoms with Crippen molar-refractivity contribution in [2.75, 3.05) is 13.1 Å². The highest BCUT2D eigenvalue weighted by atomic mass is 15.2. The summed E-state index contributed by atoms with van der Waals surface area (Å²) in [4.78, 5) is 2.58. The van der Waals surface area contributed by atoms with E-state index in [9.17, 15) is 0 Å². The standard InChI is InChI=1S/C20H23N/c1-2-21-16-15-19(18-11-7-4-8-12-18)20(21)14-13-17-9-5-3-6-10-17/h3-14,19-20H,2,15-16H2,1H3/t19-,20-/m1/s1. The van der Waals surface area contributed by atoms with Gasteiger partial charge in [0.25, 0.3) is 0 Å². The molecule has 1 heterocycles. The molecular formula is C20H23N. The predicted molar refractivity (Wildman–Crippen MR) is 90.3 cm³/mol. The lowest BCUT2D eigenvalue weighted by Gasteiger charge is -2.24. The van der Waals surface area contributed by atoms with Gasteiger partial charge in [-0.3, -0.25) is 4.90 Å². The Bertz CT molecular complexity index is 573. The van der Waals surface area contributed by atoms with Crippen LogP contribution in [0.4, 0.5) is 0 Å². The first kappa shape index (κ1) is 14.1. The lowest BCUT2D eigenvalue weighted by atomic mass is 9.91. The number of hydrogen-bond acceptors (Lipinski definition) is 1. The number of benzene rings is 2. The van der Waals surface area contributed by atoms with Gasteiger partial charge in [0.05, 0.1) is 0 Å². The molecule has 0 aromatic heterocycles. The molecule has 2 atom stereocenters. The molecule has 1 nitrogen and oxygen atoms in total. The summed E-state index contributed by atoms with van der Waals surface area (Å²) in [5.41, 5.74) is 2.75. The zero-order chi connectivity index (χ0) is 14.5. The van der Waals surface area contributed by atoms with E-state index in [-0.39, 0.29) is 0 Å². The van der Waals surface area contributed by atoms with Crippen LogP contribution in [-0.2, 0) is 0 Å². The molecular weight excluding hydrogens is 254 g/mol. The zero-order valence-corrected chi connectivity index (χ0v) is 12.7. The molecule has 1 heteroatoms. The fourth-order valence-corrected chi connectivity index (χ4v) is 3.34. The van der Waals surface area contributed by atoms with E-state index < -0.39 is 0 Å². The fraction of sp³-hybridized carbons (Fsp3) is 0.300. The molecule has 1 saturated heterocycles. The first-order valence-electron chi connectivity index (χ1n) is 7.90. The first-order chi connectivity index (χ1) is 10.4. The quantitative estimate of drug-likeness (QED) is 0.791. The van der Waals surface area contributed by atoms with Gasteiger partial charge in [0.15, 0.2) is 0 Å². The Morgan fingerprint density at radius 2 is 1.67 bits per heavy atom. The summed E-state index contributed by atoms with van der Waals surface area (Å²) in [7, 11) is 0. The maximum atomic E-state index is 2.58. The van der Waals surface area contributed by atoms with Crippen LogP contribution in [-0.4, -0.2) is 24.0 Å². The van der Waals surface area contributed by atoms with E-state index in [1.807, 2.05) is 0 Å². The second-order valence-electron chi connectivity index (χ2n) is 5.69. The van der Waals surface area contributed by atoms with Crippen molar-refractivity contribution in [3.8, 4) is 0 Å². The normalized spacial score (nSPS) is 22.9. The van der Waals surface area contributed by atoms with Crippen molar-refractivity contribution in [3.05, 3.63) is 77.9 Å². The molecule has 108 valence electrons. The third-order valence-electron chi connectivity index (χ3n) is 4.48. The summed E-state index contributed by atoms with van der Waals surface area (Å²) in [6, 6.07) is 22.1. The SMILES string of the molecule is CCN1CC[C@H](c2ccccc2)[C@H]1C=Cc1ccccc1. The van der Waals surface area contributed by atoms with Crippen LogP contribution in [0.2, 0.25) is 0 Å². The second-order valence-corrected chi connectivity index (χ2v) is 5.69. The second kappa shape index (κ2) is 6.73. The van der Waals surface area contributed by atoms with Gasteiger partial charge >= 0.3 is 0 Å². The van der Waals surface area contributed by atoms with Gasteiger partial charge in [-0.2, -0.15) is 0 Å². The lowest BCUT2D eigenvalue weighted by Crippen LogP contribution is -2.30. The third kappa shape index (κ3) is 3.25. The Balaban J connectivity index is 1.83. The number of nitrogens with zero attached hydrogens (tertiary/aromatic N) is 1. The van der Waals surface area contributed by atoms with E-state index in [0.29, 0.717) is 12.0 Å². The van der Waals surface area contributed by atoms with E-state index in [2.05, 4.69) is 84.6 Å². The molecule has 2 aromatic rings. The van der Waals surface area contributed by atoms with Crippen LogP contribution in [0.3, 0.4) is 0 Å². The van der Waals surface area contributed by atoms with Crippen LogP contribution in [0, 0.1) is 0 Å². The minimum absolute atomic E-state index is 0.512. The van der Waals surface area contributed by atoms with Crippen LogP contribution < -0.4 is 0 Å². The summed E-state index contributed by atoms with van der Waals surface area (Å²) < 4.78 is 0. The Hall–Kier alpha value is -1.86. The lowest BCUT2D eigenvalue weighted by molar-refractivity contribution is 0.298. The molecule has 1 aliphatic heterocycles. The topological polar surface area (TPSA) is 3.24 Å². The largest absolute Gasteiger partial charge is 0.297 e. The van der Waals surface area contributed by atoms with Gasteiger partial charge in [0.2, 0.25) is 0 Å². The van der Waals surface area contributed by atoms with Crippen molar-refractivity contribution in [2.45, 2.75) is 25.3 Å². The van der Waals surface area contributed by atoms with Gasteiger partial charge in [0.1, 0.15) is 0 Å². The molecule has 0 amide bonds. The molecule has 0 spiro atoms. The Morgan fingerprint density at radius 1 is 1.00 bits per heavy atom. The Labute approximate surface area is 127 Å². The van der Waals surface area contributed by atoms with Crippen molar-refractivity contribution < 1.29 is 0 Å². The molecule has 21 heavy (non-hydrogen) atoms. The minimum atomic E-state index is 0.512. The average Bonchev–Trinajstić information content (AvgIpc) is 2.97. The Morgan fingerprint density at radius 3 is 2.33 bits per heavy atom. The molecule has 0 N–H and O–H groups in total. The highest BCUT2D eigenvalue weighted by Crippen LogP contribution is 2.34.